The second-order valence-electron chi connectivity index (χ2n) is 6.76. The maximum Gasteiger partial charge on any atom is 0.407 e. The maximum absolute atomic E-state index is 11.5. The van der Waals surface area contributed by atoms with Gasteiger partial charge in [-0.3, -0.25) is 9.78 Å². The molecule has 28 heavy (non-hydrogen) atoms. The Labute approximate surface area is 163 Å². The lowest BCUT2D eigenvalue weighted by Crippen LogP contribution is -2.39. The normalized spacial score (nSPS) is 14.5. The second kappa shape index (κ2) is 9.12. The molecule has 1 aliphatic rings. The fourth-order valence-electron chi connectivity index (χ4n) is 3.11. The number of nitrogens with two attached hydrogens (primary N) is 1. The first-order valence-corrected chi connectivity index (χ1v) is 9.22. The number of piperidine rings is 1. The van der Waals surface area contributed by atoms with Crippen molar-refractivity contribution in [1.29, 1.82) is 0 Å². The van der Waals surface area contributed by atoms with Gasteiger partial charge in [0.1, 0.15) is 11.5 Å². The summed E-state index contributed by atoms with van der Waals surface area (Å²) in [6, 6.07) is 7.66. The maximum atomic E-state index is 11.5. The molecule has 0 bridgehead atoms. The Kier molecular flexibility index (Phi) is 6.36. The van der Waals surface area contributed by atoms with Crippen LogP contribution in [-0.2, 0) is 9.53 Å². The number of amides is 2. The third kappa shape index (κ3) is 5.38. The van der Waals surface area contributed by atoms with Crippen LogP contribution >= 0.6 is 0 Å². The van der Waals surface area contributed by atoms with Crippen molar-refractivity contribution in [2.45, 2.75) is 19.8 Å². The Balaban J connectivity index is 1.54. The van der Waals surface area contributed by atoms with Crippen LogP contribution < -0.4 is 16.0 Å². The summed E-state index contributed by atoms with van der Waals surface area (Å²) in [5, 5.41) is 2.68. The van der Waals surface area contributed by atoms with Crippen LogP contribution in [0, 0.1) is 12.8 Å². The van der Waals surface area contributed by atoms with Gasteiger partial charge in [-0.05, 0) is 37.8 Å². The summed E-state index contributed by atoms with van der Waals surface area (Å²) in [5.41, 5.74) is 6.59. The molecule has 0 radical (unpaired) electrons. The van der Waals surface area contributed by atoms with Gasteiger partial charge in [0.25, 0.3) is 5.91 Å². The quantitative estimate of drug-likeness (QED) is 0.769. The van der Waals surface area contributed by atoms with Crippen LogP contribution in [0.2, 0.25) is 0 Å². The Morgan fingerprint density at radius 1 is 1.29 bits per heavy atom. The van der Waals surface area contributed by atoms with Crippen LogP contribution in [-0.4, -0.2) is 53.2 Å². The lowest BCUT2D eigenvalue weighted by Gasteiger charge is -2.33. The summed E-state index contributed by atoms with van der Waals surface area (Å²) in [6.07, 6.45) is 2.94. The van der Waals surface area contributed by atoms with Crippen LogP contribution in [0.25, 0.3) is 11.5 Å². The van der Waals surface area contributed by atoms with E-state index in [2.05, 4.69) is 25.2 Å². The van der Waals surface area contributed by atoms with Crippen LogP contribution in [0.3, 0.4) is 0 Å². The van der Waals surface area contributed by atoms with E-state index in [1.54, 1.807) is 6.20 Å². The zero-order valence-corrected chi connectivity index (χ0v) is 15.8. The standard InChI is InChI=1S/C19H24N6O3/c1-13-10-17(24-18(23-13)15-4-2-3-7-21-15)25-8-5-14(6-9-25)11-22-19(27)28-12-16(20)26/h2-4,7,10,14H,5-6,8-9,11-12H2,1H3,(H2,20,26)(H,22,27). The van der Waals surface area contributed by atoms with Crippen molar-refractivity contribution < 1.29 is 14.3 Å². The number of hydrogen-bond donors (Lipinski definition) is 2. The molecule has 0 unspecified atom stereocenters. The minimum absolute atomic E-state index is 0.343. The molecule has 3 rings (SSSR count). The van der Waals surface area contributed by atoms with Crippen molar-refractivity contribution in [3.8, 4) is 11.5 Å². The molecule has 0 saturated carbocycles. The average molecular weight is 384 g/mol. The monoisotopic (exact) mass is 384 g/mol. The molecule has 0 spiro atoms. The Morgan fingerprint density at radius 2 is 2.07 bits per heavy atom. The number of primary amides is 1. The van der Waals surface area contributed by atoms with Crippen molar-refractivity contribution in [2.24, 2.45) is 11.7 Å². The van der Waals surface area contributed by atoms with E-state index in [1.165, 1.54) is 0 Å². The van der Waals surface area contributed by atoms with E-state index < -0.39 is 18.6 Å². The number of pyridine rings is 1. The topological polar surface area (TPSA) is 123 Å². The van der Waals surface area contributed by atoms with E-state index >= 15 is 0 Å². The lowest BCUT2D eigenvalue weighted by atomic mass is 9.97. The third-order valence-electron chi connectivity index (χ3n) is 4.55. The molecule has 2 amide bonds. The van der Waals surface area contributed by atoms with Gasteiger partial charge >= 0.3 is 6.09 Å². The fourth-order valence-corrected chi connectivity index (χ4v) is 3.11. The van der Waals surface area contributed by atoms with Crippen LogP contribution in [0.15, 0.2) is 30.5 Å². The smallest absolute Gasteiger partial charge is 0.407 e. The Morgan fingerprint density at radius 3 is 2.75 bits per heavy atom. The minimum atomic E-state index is -0.673. The van der Waals surface area contributed by atoms with Crippen molar-refractivity contribution in [2.75, 3.05) is 31.1 Å². The van der Waals surface area contributed by atoms with Crippen molar-refractivity contribution >= 4 is 17.8 Å². The highest BCUT2D eigenvalue weighted by atomic mass is 16.6. The molecule has 2 aromatic heterocycles. The summed E-state index contributed by atoms with van der Waals surface area (Å²) >= 11 is 0. The van der Waals surface area contributed by atoms with Gasteiger partial charge in [-0.2, -0.15) is 0 Å². The number of rotatable bonds is 6. The molecular weight excluding hydrogens is 360 g/mol. The van der Waals surface area contributed by atoms with E-state index in [4.69, 9.17) is 10.5 Å². The van der Waals surface area contributed by atoms with E-state index in [0.29, 0.717) is 18.3 Å². The fraction of sp³-hybridized carbons (Fsp3) is 0.421. The molecule has 1 fully saturated rings. The van der Waals surface area contributed by atoms with E-state index in [0.717, 1.165) is 43.1 Å². The van der Waals surface area contributed by atoms with Gasteiger partial charge in [0, 0.05) is 37.6 Å². The van der Waals surface area contributed by atoms with Gasteiger partial charge in [-0.25, -0.2) is 14.8 Å². The van der Waals surface area contributed by atoms with Gasteiger partial charge in [0.05, 0.1) is 0 Å². The summed E-state index contributed by atoms with van der Waals surface area (Å²) in [5.74, 6) is 1.18. The molecule has 9 nitrogen and oxygen atoms in total. The van der Waals surface area contributed by atoms with E-state index in [1.807, 2.05) is 31.2 Å². The van der Waals surface area contributed by atoms with Gasteiger partial charge in [-0.1, -0.05) is 6.07 Å². The van der Waals surface area contributed by atoms with Gasteiger partial charge < -0.3 is 20.7 Å². The molecule has 148 valence electrons. The molecule has 2 aromatic rings. The number of nitrogens with zero attached hydrogens (tertiary/aromatic N) is 4. The number of hydrogen-bond acceptors (Lipinski definition) is 7. The average Bonchev–Trinajstić information content (AvgIpc) is 2.71. The highest BCUT2D eigenvalue weighted by Crippen LogP contribution is 2.24. The molecular formula is C19H24N6O3. The van der Waals surface area contributed by atoms with Crippen molar-refractivity contribution in [1.82, 2.24) is 20.3 Å². The van der Waals surface area contributed by atoms with Crippen LogP contribution in [0.5, 0.6) is 0 Å². The summed E-state index contributed by atoms with van der Waals surface area (Å²) < 4.78 is 4.70. The molecule has 1 aliphatic heterocycles. The third-order valence-corrected chi connectivity index (χ3v) is 4.55. The van der Waals surface area contributed by atoms with Gasteiger partial charge in [-0.15, -0.1) is 0 Å². The van der Waals surface area contributed by atoms with Crippen molar-refractivity contribution in [3.05, 3.63) is 36.2 Å². The predicted molar refractivity (Wildman–Crippen MR) is 103 cm³/mol. The molecule has 3 N–H and O–H groups in total. The first-order chi connectivity index (χ1) is 13.5. The first kappa shape index (κ1) is 19.5. The largest absolute Gasteiger partial charge is 0.439 e. The van der Waals surface area contributed by atoms with Crippen LogP contribution in [0.1, 0.15) is 18.5 Å². The summed E-state index contributed by atoms with van der Waals surface area (Å²) in [6.45, 7) is 3.72. The second-order valence-corrected chi connectivity index (χ2v) is 6.76. The predicted octanol–water partition coefficient (Wildman–Crippen LogP) is 1.27. The van der Waals surface area contributed by atoms with E-state index in [9.17, 15) is 9.59 Å². The first-order valence-electron chi connectivity index (χ1n) is 9.22. The molecule has 1 saturated heterocycles. The van der Waals surface area contributed by atoms with Crippen molar-refractivity contribution in [3.63, 3.8) is 0 Å². The SMILES string of the molecule is Cc1cc(N2CCC(CNC(=O)OCC(N)=O)CC2)nc(-c2ccccn2)n1. The Hall–Kier alpha value is -3.23. The van der Waals surface area contributed by atoms with Gasteiger partial charge in [0.2, 0.25) is 0 Å². The molecule has 0 atom stereocenters. The van der Waals surface area contributed by atoms with Gasteiger partial charge in [0.15, 0.2) is 12.4 Å². The lowest BCUT2D eigenvalue weighted by molar-refractivity contribution is -0.120. The highest BCUT2D eigenvalue weighted by molar-refractivity contribution is 5.78. The number of nitrogens with one attached hydrogen (secondary N) is 1. The Bertz CT molecular complexity index is 822. The number of anilines is 1. The molecule has 3 heterocycles. The number of aryl methyl sites for hydroxylation is 1. The number of carbonyl (C=O) groups excluding carboxylic acids is 2. The zero-order chi connectivity index (χ0) is 19.9. The molecule has 0 aliphatic carbocycles. The summed E-state index contributed by atoms with van der Waals surface area (Å²) in [7, 11) is 0. The molecule has 9 heteroatoms. The summed E-state index contributed by atoms with van der Waals surface area (Å²) in [4.78, 5) is 37.9. The molecule has 0 aromatic carbocycles. The highest BCUT2D eigenvalue weighted by Gasteiger charge is 2.22. The zero-order valence-electron chi connectivity index (χ0n) is 15.8. The van der Waals surface area contributed by atoms with E-state index in [-0.39, 0.29) is 0 Å². The van der Waals surface area contributed by atoms with Crippen LogP contribution in [0.4, 0.5) is 10.6 Å². The number of alkyl carbamates (subject to hydrolysis) is 1. The number of ether oxygens (including phenoxy) is 1. The minimum Gasteiger partial charge on any atom is -0.439 e. The number of aromatic nitrogens is 3. The number of carbonyl (C=O) groups is 2.